The van der Waals surface area contributed by atoms with Gasteiger partial charge in [0.05, 0.1) is 5.69 Å². The molecule has 4 rings (SSSR count). The Kier molecular flexibility index (Phi) is 5.66. The molecule has 0 saturated heterocycles. The van der Waals surface area contributed by atoms with Crippen molar-refractivity contribution in [3.05, 3.63) is 83.4 Å². The minimum Gasteiger partial charge on any atom is -0.445 e. The number of hydrogen-bond donors (Lipinski definition) is 1. The number of furan rings is 1. The van der Waals surface area contributed by atoms with Crippen LogP contribution in [0.25, 0.3) is 11.0 Å². The van der Waals surface area contributed by atoms with Crippen LogP contribution in [0, 0.1) is 5.95 Å². The van der Waals surface area contributed by atoms with E-state index in [2.05, 4.69) is 9.71 Å². The fraction of sp³-hybridized carbons (Fsp3) is 0.0500. The second-order valence-corrected chi connectivity index (χ2v) is 8.45. The Morgan fingerprint density at radius 3 is 2.82 bits per heavy atom. The number of nitrogens with zero attached hydrogens (tertiary/aromatic N) is 1. The van der Waals surface area contributed by atoms with E-state index >= 15 is 0 Å². The van der Waals surface area contributed by atoms with Crippen LogP contribution in [-0.2, 0) is 16.7 Å². The summed E-state index contributed by atoms with van der Waals surface area (Å²) in [5, 5.41) is 1.69. The van der Waals surface area contributed by atoms with Crippen molar-refractivity contribution in [2.45, 2.75) is 15.7 Å². The summed E-state index contributed by atoms with van der Waals surface area (Å²) in [5.74, 6) is -0.114. The summed E-state index contributed by atoms with van der Waals surface area (Å²) >= 11 is 7.51. The first-order valence-corrected chi connectivity index (χ1v) is 10.8. The number of pyridine rings is 1. The van der Waals surface area contributed by atoms with Crippen LogP contribution in [-0.4, -0.2) is 9.19 Å². The molecule has 28 heavy (non-hydrogen) atoms. The molecule has 142 valence electrons. The molecule has 0 bridgehead atoms. The average molecular weight is 433 g/mol. The zero-order valence-electron chi connectivity index (χ0n) is 14.4. The standard InChI is InChI=1S/C20H14ClFN2O2S2/c21-15-7-8-18(27-12-14-5-3-9-23-20(14)22)16(11-15)24-28(25)19-10-13-4-1-2-6-17(13)26-19/h1-11,24H,12H2. The Labute approximate surface area is 172 Å². The Hall–Kier alpha value is -2.35. The molecule has 2 aromatic heterocycles. The molecule has 1 unspecified atom stereocenters. The third kappa shape index (κ3) is 4.22. The van der Waals surface area contributed by atoms with Crippen molar-refractivity contribution >= 4 is 51.0 Å². The van der Waals surface area contributed by atoms with Crippen LogP contribution >= 0.6 is 23.4 Å². The van der Waals surface area contributed by atoms with Gasteiger partial charge in [-0.3, -0.25) is 4.72 Å². The van der Waals surface area contributed by atoms with Crippen molar-refractivity contribution in [3.8, 4) is 0 Å². The van der Waals surface area contributed by atoms with Gasteiger partial charge >= 0.3 is 0 Å². The molecule has 4 aromatic rings. The summed E-state index contributed by atoms with van der Waals surface area (Å²) in [6.07, 6.45) is 1.41. The molecule has 8 heteroatoms. The summed E-state index contributed by atoms with van der Waals surface area (Å²) in [4.78, 5) is 4.45. The van der Waals surface area contributed by atoms with Crippen molar-refractivity contribution in [2.75, 3.05) is 4.72 Å². The highest BCUT2D eigenvalue weighted by molar-refractivity contribution is 7.98. The lowest BCUT2D eigenvalue weighted by atomic mass is 10.3. The number of anilines is 1. The number of thioether (sulfide) groups is 1. The van der Waals surface area contributed by atoms with E-state index < -0.39 is 16.9 Å². The Morgan fingerprint density at radius 2 is 2.00 bits per heavy atom. The van der Waals surface area contributed by atoms with E-state index in [4.69, 9.17) is 16.0 Å². The van der Waals surface area contributed by atoms with Gasteiger partial charge in [-0.2, -0.15) is 4.39 Å². The summed E-state index contributed by atoms with van der Waals surface area (Å²) < 4.78 is 35.1. The zero-order chi connectivity index (χ0) is 19.5. The lowest BCUT2D eigenvalue weighted by molar-refractivity contribution is 0.504. The number of aromatic nitrogens is 1. The number of benzene rings is 2. The van der Waals surface area contributed by atoms with Gasteiger partial charge < -0.3 is 4.42 Å². The molecule has 0 aliphatic heterocycles. The van der Waals surface area contributed by atoms with Gasteiger partial charge in [-0.15, -0.1) is 11.8 Å². The van der Waals surface area contributed by atoms with Crippen molar-refractivity contribution in [1.82, 2.24) is 4.98 Å². The van der Waals surface area contributed by atoms with Gasteiger partial charge in [0.2, 0.25) is 11.0 Å². The lowest BCUT2D eigenvalue weighted by Crippen LogP contribution is -2.05. The predicted molar refractivity (Wildman–Crippen MR) is 111 cm³/mol. The number of para-hydroxylation sites is 1. The van der Waals surface area contributed by atoms with Gasteiger partial charge in [-0.05, 0) is 30.3 Å². The summed E-state index contributed by atoms with van der Waals surface area (Å²) in [7, 11) is -1.61. The second-order valence-electron chi connectivity index (χ2n) is 5.86. The average Bonchev–Trinajstić information content (AvgIpc) is 3.13. The summed E-state index contributed by atoms with van der Waals surface area (Å²) in [5.41, 5.74) is 1.74. The molecule has 2 heterocycles. The zero-order valence-corrected chi connectivity index (χ0v) is 16.8. The molecular weight excluding hydrogens is 419 g/mol. The first kappa shape index (κ1) is 19.0. The minimum atomic E-state index is -1.61. The van der Waals surface area contributed by atoms with Crippen LogP contribution in [0.1, 0.15) is 5.56 Å². The maximum atomic E-state index is 13.8. The molecule has 0 spiro atoms. The Balaban J connectivity index is 1.56. The molecule has 0 saturated carbocycles. The SMILES string of the molecule is O=S(Nc1cc(Cl)ccc1SCc1cccnc1F)c1cc2ccccc2o1. The van der Waals surface area contributed by atoms with E-state index in [1.807, 2.05) is 24.3 Å². The van der Waals surface area contributed by atoms with E-state index in [0.29, 0.717) is 32.7 Å². The largest absolute Gasteiger partial charge is 0.445 e. The van der Waals surface area contributed by atoms with Crippen molar-refractivity contribution in [3.63, 3.8) is 0 Å². The highest BCUT2D eigenvalue weighted by atomic mass is 35.5. The van der Waals surface area contributed by atoms with Gasteiger partial charge in [0.25, 0.3) is 0 Å². The summed E-state index contributed by atoms with van der Waals surface area (Å²) in [6.45, 7) is 0. The second kappa shape index (κ2) is 8.34. The highest BCUT2D eigenvalue weighted by Gasteiger charge is 2.14. The predicted octanol–water partition coefficient (Wildman–Crippen LogP) is 6.05. The maximum absolute atomic E-state index is 13.8. The number of hydrogen-bond acceptors (Lipinski definition) is 4. The van der Waals surface area contributed by atoms with Crippen LogP contribution < -0.4 is 4.72 Å². The van der Waals surface area contributed by atoms with Crippen LogP contribution in [0.15, 0.2) is 81.3 Å². The molecule has 0 amide bonds. The van der Waals surface area contributed by atoms with E-state index in [0.717, 1.165) is 10.3 Å². The smallest absolute Gasteiger partial charge is 0.216 e. The van der Waals surface area contributed by atoms with E-state index in [1.54, 1.807) is 36.4 Å². The van der Waals surface area contributed by atoms with Gasteiger partial charge in [-0.25, -0.2) is 9.19 Å². The van der Waals surface area contributed by atoms with Crippen LogP contribution in [0.4, 0.5) is 10.1 Å². The third-order valence-electron chi connectivity index (χ3n) is 3.95. The maximum Gasteiger partial charge on any atom is 0.216 e. The van der Waals surface area contributed by atoms with Crippen LogP contribution in [0.3, 0.4) is 0 Å². The number of nitrogens with one attached hydrogen (secondary N) is 1. The van der Waals surface area contributed by atoms with Gasteiger partial charge in [0, 0.05) is 38.9 Å². The quantitative estimate of drug-likeness (QED) is 0.298. The molecule has 2 aromatic carbocycles. The molecule has 0 aliphatic carbocycles. The third-order valence-corrected chi connectivity index (χ3v) is 6.28. The van der Waals surface area contributed by atoms with Gasteiger partial charge in [0.1, 0.15) is 5.58 Å². The van der Waals surface area contributed by atoms with Crippen molar-refractivity contribution in [1.29, 1.82) is 0 Å². The summed E-state index contributed by atoms with van der Waals surface area (Å²) in [6, 6.07) is 17.8. The Bertz CT molecular complexity index is 1130. The number of rotatable bonds is 6. The first-order valence-electron chi connectivity index (χ1n) is 8.29. The van der Waals surface area contributed by atoms with Crippen LogP contribution in [0.5, 0.6) is 0 Å². The van der Waals surface area contributed by atoms with Crippen molar-refractivity contribution in [2.24, 2.45) is 0 Å². The topological polar surface area (TPSA) is 55.1 Å². The molecule has 0 radical (unpaired) electrons. The molecule has 4 nitrogen and oxygen atoms in total. The van der Waals surface area contributed by atoms with E-state index in [9.17, 15) is 8.60 Å². The van der Waals surface area contributed by atoms with Crippen LogP contribution in [0.2, 0.25) is 5.02 Å². The number of fused-ring (bicyclic) bond motifs is 1. The number of halogens is 2. The fourth-order valence-electron chi connectivity index (χ4n) is 2.59. The highest BCUT2D eigenvalue weighted by Crippen LogP contribution is 2.33. The van der Waals surface area contributed by atoms with Gasteiger partial charge in [0.15, 0.2) is 11.0 Å². The minimum absolute atomic E-state index is 0.315. The molecule has 1 atom stereocenters. The van der Waals surface area contributed by atoms with E-state index in [-0.39, 0.29) is 0 Å². The van der Waals surface area contributed by atoms with Gasteiger partial charge in [-0.1, -0.05) is 35.9 Å². The first-order chi connectivity index (χ1) is 13.6. The fourth-order valence-corrected chi connectivity index (χ4v) is 4.65. The molecule has 1 N–H and O–H groups in total. The normalized spacial score (nSPS) is 12.2. The molecule has 0 aliphatic rings. The lowest BCUT2D eigenvalue weighted by Gasteiger charge is -2.11. The monoisotopic (exact) mass is 432 g/mol. The molecular formula is C20H14ClFN2O2S2. The van der Waals surface area contributed by atoms with E-state index in [1.165, 1.54) is 18.0 Å². The van der Waals surface area contributed by atoms with Crippen molar-refractivity contribution < 1.29 is 13.0 Å². The molecule has 0 fully saturated rings. The Morgan fingerprint density at radius 1 is 1.14 bits per heavy atom.